The molecule has 0 bridgehead atoms. The fraction of sp³-hybridized carbons (Fsp3) is 0.273. The number of hydrogen-bond donors (Lipinski definition) is 2. The Morgan fingerprint density at radius 2 is 1.71 bits per heavy atom. The third kappa shape index (κ3) is 4.82. The third-order valence-electron chi connectivity index (χ3n) is 4.63. The van der Waals surface area contributed by atoms with Crippen LogP contribution in [0.1, 0.15) is 31.7 Å². The Balaban J connectivity index is 1.86. The standard InChI is InChI=1S/C22H26N2O3S/c1-2-3-6-15-27-22-14-9-17-7-4-5-8-20(17)21(22)16-24-28(25,26)19-12-10-18(23)11-13-19/h4-5,7-14,24H,2-3,6,15-16,23H2,1H3. The number of nitrogens with two attached hydrogens (primary N) is 1. The molecule has 0 aromatic heterocycles. The first-order valence-electron chi connectivity index (χ1n) is 9.50. The molecular formula is C22H26N2O3S. The fourth-order valence-electron chi connectivity index (χ4n) is 3.07. The average Bonchev–Trinajstić information content (AvgIpc) is 2.70. The lowest BCUT2D eigenvalue weighted by atomic mass is 10.0. The summed E-state index contributed by atoms with van der Waals surface area (Å²) in [5.41, 5.74) is 7.02. The van der Waals surface area contributed by atoms with Crippen molar-refractivity contribution in [1.29, 1.82) is 0 Å². The lowest BCUT2D eigenvalue weighted by Crippen LogP contribution is -2.23. The van der Waals surface area contributed by atoms with Crippen LogP contribution in [0.25, 0.3) is 10.8 Å². The highest BCUT2D eigenvalue weighted by atomic mass is 32.2. The van der Waals surface area contributed by atoms with Crippen LogP contribution in [0.3, 0.4) is 0 Å². The molecule has 0 spiro atoms. The molecule has 0 saturated carbocycles. The van der Waals surface area contributed by atoms with Crippen LogP contribution in [0.4, 0.5) is 5.69 Å². The van der Waals surface area contributed by atoms with Crippen molar-refractivity contribution in [2.24, 2.45) is 0 Å². The van der Waals surface area contributed by atoms with Crippen LogP contribution < -0.4 is 15.2 Å². The fourth-order valence-corrected chi connectivity index (χ4v) is 4.06. The van der Waals surface area contributed by atoms with Gasteiger partial charge in [-0.3, -0.25) is 0 Å². The van der Waals surface area contributed by atoms with Gasteiger partial charge in [0.15, 0.2) is 0 Å². The van der Waals surface area contributed by atoms with Crippen molar-refractivity contribution >= 4 is 26.5 Å². The third-order valence-corrected chi connectivity index (χ3v) is 6.05. The SMILES string of the molecule is CCCCCOc1ccc2ccccc2c1CNS(=O)(=O)c1ccc(N)cc1. The monoisotopic (exact) mass is 398 g/mol. The van der Waals surface area contributed by atoms with Gasteiger partial charge in [0, 0.05) is 17.8 Å². The molecule has 3 N–H and O–H groups in total. The smallest absolute Gasteiger partial charge is 0.240 e. The van der Waals surface area contributed by atoms with E-state index in [1.807, 2.05) is 36.4 Å². The van der Waals surface area contributed by atoms with E-state index in [2.05, 4.69) is 11.6 Å². The molecule has 3 aromatic rings. The molecule has 0 amide bonds. The molecule has 3 rings (SSSR count). The lowest BCUT2D eigenvalue weighted by Gasteiger charge is -2.15. The number of nitrogen functional groups attached to an aromatic ring is 1. The summed E-state index contributed by atoms with van der Waals surface area (Å²) < 4.78 is 34.0. The second-order valence-corrected chi connectivity index (χ2v) is 8.48. The summed E-state index contributed by atoms with van der Waals surface area (Å²) >= 11 is 0. The molecule has 0 saturated heterocycles. The highest BCUT2D eigenvalue weighted by molar-refractivity contribution is 7.89. The molecule has 0 fully saturated rings. The van der Waals surface area contributed by atoms with Crippen LogP contribution in [-0.4, -0.2) is 15.0 Å². The average molecular weight is 399 g/mol. The Morgan fingerprint density at radius 1 is 0.964 bits per heavy atom. The summed E-state index contributed by atoms with van der Waals surface area (Å²) in [7, 11) is -3.65. The summed E-state index contributed by atoms with van der Waals surface area (Å²) in [4.78, 5) is 0.187. The van der Waals surface area contributed by atoms with Crippen molar-refractivity contribution in [2.45, 2.75) is 37.6 Å². The zero-order valence-electron chi connectivity index (χ0n) is 16.0. The predicted molar refractivity (Wildman–Crippen MR) is 114 cm³/mol. The van der Waals surface area contributed by atoms with Gasteiger partial charge >= 0.3 is 0 Å². The van der Waals surface area contributed by atoms with Crippen LogP contribution in [0.15, 0.2) is 65.6 Å². The van der Waals surface area contributed by atoms with E-state index in [-0.39, 0.29) is 11.4 Å². The Bertz CT molecular complexity index is 1030. The maximum atomic E-state index is 12.7. The summed E-state index contributed by atoms with van der Waals surface area (Å²) in [6.45, 7) is 2.91. The molecule has 0 aliphatic carbocycles. The van der Waals surface area contributed by atoms with Crippen molar-refractivity contribution < 1.29 is 13.2 Å². The van der Waals surface area contributed by atoms with Gasteiger partial charge < -0.3 is 10.5 Å². The van der Waals surface area contributed by atoms with Crippen molar-refractivity contribution in [3.63, 3.8) is 0 Å². The normalized spacial score (nSPS) is 11.6. The van der Waals surface area contributed by atoms with E-state index in [1.54, 1.807) is 12.1 Å². The second kappa shape index (κ2) is 9.08. The largest absolute Gasteiger partial charge is 0.493 e. The lowest BCUT2D eigenvalue weighted by molar-refractivity contribution is 0.303. The van der Waals surface area contributed by atoms with E-state index < -0.39 is 10.0 Å². The molecule has 0 aliphatic rings. The van der Waals surface area contributed by atoms with Gasteiger partial charge in [0.25, 0.3) is 0 Å². The van der Waals surface area contributed by atoms with Crippen molar-refractivity contribution in [3.05, 3.63) is 66.2 Å². The molecule has 0 radical (unpaired) electrons. The quantitative estimate of drug-likeness (QED) is 0.412. The Kier molecular flexibility index (Phi) is 6.54. The highest BCUT2D eigenvalue weighted by Gasteiger charge is 2.16. The van der Waals surface area contributed by atoms with E-state index in [9.17, 15) is 8.42 Å². The molecule has 0 unspecified atom stereocenters. The molecule has 5 nitrogen and oxygen atoms in total. The molecule has 28 heavy (non-hydrogen) atoms. The van der Waals surface area contributed by atoms with Crippen LogP contribution in [0.5, 0.6) is 5.75 Å². The topological polar surface area (TPSA) is 81.4 Å². The maximum absolute atomic E-state index is 12.7. The number of benzene rings is 3. The summed E-state index contributed by atoms with van der Waals surface area (Å²) in [5, 5.41) is 2.03. The Hall–Kier alpha value is -2.57. The summed E-state index contributed by atoms with van der Waals surface area (Å²) in [6, 6.07) is 18.0. The Labute approximate surface area is 166 Å². The van der Waals surface area contributed by atoms with E-state index in [1.165, 1.54) is 12.1 Å². The molecule has 3 aromatic carbocycles. The van der Waals surface area contributed by atoms with Gasteiger partial charge in [0.2, 0.25) is 10.0 Å². The highest BCUT2D eigenvalue weighted by Crippen LogP contribution is 2.29. The van der Waals surface area contributed by atoms with Gasteiger partial charge in [-0.25, -0.2) is 13.1 Å². The van der Waals surface area contributed by atoms with Crippen LogP contribution in [0.2, 0.25) is 0 Å². The minimum atomic E-state index is -3.65. The van der Waals surface area contributed by atoms with E-state index in [0.29, 0.717) is 12.3 Å². The second-order valence-electron chi connectivity index (χ2n) is 6.71. The predicted octanol–water partition coefficient (Wildman–Crippen LogP) is 4.47. The molecule has 6 heteroatoms. The molecule has 148 valence electrons. The minimum absolute atomic E-state index is 0.150. The zero-order valence-corrected chi connectivity index (χ0v) is 16.8. The number of rotatable bonds is 9. The number of unbranched alkanes of at least 4 members (excludes halogenated alkanes) is 2. The van der Waals surface area contributed by atoms with E-state index in [0.717, 1.165) is 41.3 Å². The Morgan fingerprint density at radius 3 is 2.46 bits per heavy atom. The first-order valence-corrected chi connectivity index (χ1v) is 11.0. The summed E-state index contributed by atoms with van der Waals surface area (Å²) in [6.07, 6.45) is 3.20. The first-order chi connectivity index (χ1) is 13.5. The van der Waals surface area contributed by atoms with Gasteiger partial charge in [-0.15, -0.1) is 0 Å². The van der Waals surface area contributed by atoms with Crippen molar-refractivity contribution in [1.82, 2.24) is 4.72 Å². The first kappa shape index (κ1) is 20.2. The van der Waals surface area contributed by atoms with Gasteiger partial charge in [0.05, 0.1) is 11.5 Å². The van der Waals surface area contributed by atoms with Crippen LogP contribution in [-0.2, 0) is 16.6 Å². The molecule has 0 heterocycles. The summed E-state index contributed by atoms with van der Waals surface area (Å²) in [5.74, 6) is 0.717. The molecular weight excluding hydrogens is 372 g/mol. The van der Waals surface area contributed by atoms with Crippen molar-refractivity contribution in [2.75, 3.05) is 12.3 Å². The number of ether oxygens (including phenoxy) is 1. The minimum Gasteiger partial charge on any atom is -0.493 e. The van der Waals surface area contributed by atoms with Gasteiger partial charge in [-0.2, -0.15) is 0 Å². The molecule has 0 aliphatic heterocycles. The van der Waals surface area contributed by atoms with E-state index in [4.69, 9.17) is 10.5 Å². The van der Waals surface area contributed by atoms with Crippen molar-refractivity contribution in [3.8, 4) is 5.75 Å². The maximum Gasteiger partial charge on any atom is 0.240 e. The van der Waals surface area contributed by atoms with E-state index >= 15 is 0 Å². The molecule has 0 atom stereocenters. The number of anilines is 1. The van der Waals surface area contributed by atoms with Crippen LogP contribution in [0, 0.1) is 0 Å². The number of fused-ring (bicyclic) bond motifs is 1. The van der Waals surface area contributed by atoms with Gasteiger partial charge in [-0.1, -0.05) is 50.1 Å². The van der Waals surface area contributed by atoms with Crippen LogP contribution >= 0.6 is 0 Å². The zero-order chi connectivity index (χ0) is 20.0. The van der Waals surface area contributed by atoms with Gasteiger partial charge in [-0.05, 0) is 47.5 Å². The number of nitrogens with one attached hydrogen (secondary N) is 1. The number of hydrogen-bond acceptors (Lipinski definition) is 4. The number of sulfonamides is 1. The van der Waals surface area contributed by atoms with Gasteiger partial charge in [0.1, 0.15) is 5.75 Å².